The van der Waals surface area contributed by atoms with Crippen LogP contribution < -0.4 is 4.74 Å². The van der Waals surface area contributed by atoms with Gasteiger partial charge in [0.2, 0.25) is 5.91 Å². The third kappa shape index (κ3) is 3.78. The van der Waals surface area contributed by atoms with Gasteiger partial charge in [0.15, 0.2) is 0 Å². The number of rotatable bonds is 4. The number of piperidine rings is 1. The zero-order valence-corrected chi connectivity index (χ0v) is 17.0. The van der Waals surface area contributed by atoms with Crippen LogP contribution >= 0.6 is 11.3 Å². The highest BCUT2D eigenvalue weighted by Crippen LogP contribution is 2.35. The van der Waals surface area contributed by atoms with Crippen LogP contribution in [-0.4, -0.2) is 48.4 Å². The van der Waals surface area contributed by atoms with Crippen LogP contribution in [0.3, 0.4) is 0 Å². The number of carbonyl (C=O) groups is 2. The maximum absolute atomic E-state index is 13.3. The predicted octanol–water partition coefficient (Wildman–Crippen LogP) is 3.97. The molecule has 0 bridgehead atoms. The zero-order chi connectivity index (χ0) is 19.5. The van der Waals surface area contributed by atoms with Gasteiger partial charge in [-0.15, -0.1) is 11.3 Å². The third-order valence-corrected chi connectivity index (χ3v) is 6.68. The van der Waals surface area contributed by atoms with Crippen molar-refractivity contribution in [2.24, 2.45) is 5.92 Å². The van der Waals surface area contributed by atoms with Crippen molar-refractivity contribution >= 4 is 23.2 Å². The van der Waals surface area contributed by atoms with Gasteiger partial charge in [0, 0.05) is 19.6 Å². The van der Waals surface area contributed by atoms with Gasteiger partial charge in [-0.05, 0) is 54.8 Å². The summed E-state index contributed by atoms with van der Waals surface area (Å²) in [6.07, 6.45) is 3.75. The lowest BCUT2D eigenvalue weighted by atomic mass is 9.95. The van der Waals surface area contributed by atoms with Gasteiger partial charge in [-0.2, -0.15) is 0 Å². The average molecular weight is 399 g/mol. The minimum Gasteiger partial charge on any atom is -0.497 e. The van der Waals surface area contributed by atoms with E-state index in [9.17, 15) is 9.59 Å². The van der Waals surface area contributed by atoms with Crippen molar-refractivity contribution in [2.75, 3.05) is 26.7 Å². The Kier molecular flexibility index (Phi) is 5.67. The zero-order valence-electron chi connectivity index (χ0n) is 16.2. The normalized spacial score (nSPS) is 22.3. The Bertz CT molecular complexity index is 819. The van der Waals surface area contributed by atoms with E-state index in [4.69, 9.17) is 4.74 Å². The average Bonchev–Trinajstić information content (AvgIpc) is 3.45. The standard InChI is InChI=1S/C22H26N2O3S/c1-27-18-10-8-16(9-11-18)19-6-3-13-24(19)21(25)17-5-2-12-23(15-17)22(26)20-7-4-14-28-20/h4,7-11,14,17,19H,2-3,5-6,12-13,15H2,1H3/t17-,19+/m1/s1. The molecule has 6 heteroatoms. The van der Waals surface area contributed by atoms with E-state index in [1.54, 1.807) is 7.11 Å². The molecule has 148 valence electrons. The second-order valence-corrected chi connectivity index (χ2v) is 8.48. The number of hydrogen-bond donors (Lipinski definition) is 0. The number of nitrogens with zero attached hydrogens (tertiary/aromatic N) is 2. The first kappa shape index (κ1) is 19.0. The first-order valence-electron chi connectivity index (χ1n) is 9.94. The van der Waals surface area contributed by atoms with E-state index in [1.165, 1.54) is 11.3 Å². The molecule has 1 aromatic carbocycles. The van der Waals surface area contributed by atoms with Gasteiger partial charge < -0.3 is 14.5 Å². The van der Waals surface area contributed by atoms with Gasteiger partial charge in [-0.1, -0.05) is 18.2 Å². The van der Waals surface area contributed by atoms with E-state index in [2.05, 4.69) is 12.1 Å². The monoisotopic (exact) mass is 398 g/mol. The third-order valence-electron chi connectivity index (χ3n) is 5.83. The smallest absolute Gasteiger partial charge is 0.263 e. The summed E-state index contributed by atoms with van der Waals surface area (Å²) in [5.74, 6) is 0.980. The fourth-order valence-electron chi connectivity index (χ4n) is 4.36. The molecule has 0 radical (unpaired) electrons. The van der Waals surface area contributed by atoms with Crippen molar-refractivity contribution in [1.82, 2.24) is 9.80 Å². The van der Waals surface area contributed by atoms with E-state index in [0.29, 0.717) is 6.54 Å². The van der Waals surface area contributed by atoms with Crippen LogP contribution in [0.2, 0.25) is 0 Å². The number of carbonyl (C=O) groups excluding carboxylic acids is 2. The Morgan fingerprint density at radius 3 is 2.57 bits per heavy atom. The Hall–Kier alpha value is -2.34. The number of hydrogen-bond acceptors (Lipinski definition) is 4. The summed E-state index contributed by atoms with van der Waals surface area (Å²) >= 11 is 1.46. The Morgan fingerprint density at radius 1 is 1.07 bits per heavy atom. The predicted molar refractivity (Wildman–Crippen MR) is 110 cm³/mol. The molecule has 2 amide bonds. The van der Waals surface area contributed by atoms with Crippen LogP contribution in [-0.2, 0) is 4.79 Å². The van der Waals surface area contributed by atoms with E-state index in [-0.39, 0.29) is 23.8 Å². The number of thiophene rings is 1. The number of methoxy groups -OCH3 is 1. The maximum atomic E-state index is 13.3. The number of amides is 2. The maximum Gasteiger partial charge on any atom is 0.263 e. The highest BCUT2D eigenvalue weighted by atomic mass is 32.1. The Labute approximate surface area is 169 Å². The molecule has 0 saturated carbocycles. The summed E-state index contributed by atoms with van der Waals surface area (Å²) in [7, 11) is 1.66. The van der Waals surface area contributed by atoms with Gasteiger partial charge in [-0.25, -0.2) is 0 Å². The van der Waals surface area contributed by atoms with Crippen LogP contribution in [0.15, 0.2) is 41.8 Å². The van der Waals surface area contributed by atoms with E-state index in [1.807, 2.05) is 39.4 Å². The fourth-order valence-corrected chi connectivity index (χ4v) is 5.05. The molecule has 2 aromatic rings. The lowest BCUT2D eigenvalue weighted by Gasteiger charge is -2.35. The van der Waals surface area contributed by atoms with Crippen LogP contribution in [0.4, 0.5) is 0 Å². The largest absolute Gasteiger partial charge is 0.497 e. The van der Waals surface area contributed by atoms with Gasteiger partial charge in [0.25, 0.3) is 5.91 Å². The minimum absolute atomic E-state index is 0.0561. The van der Waals surface area contributed by atoms with E-state index < -0.39 is 0 Å². The molecule has 5 nitrogen and oxygen atoms in total. The summed E-state index contributed by atoms with van der Waals surface area (Å²) in [6.45, 7) is 2.06. The van der Waals surface area contributed by atoms with Crippen molar-refractivity contribution in [2.45, 2.75) is 31.7 Å². The molecule has 0 N–H and O–H groups in total. The molecule has 2 aliphatic heterocycles. The number of ether oxygens (including phenoxy) is 1. The van der Waals surface area contributed by atoms with Gasteiger partial charge in [0.1, 0.15) is 5.75 Å². The number of benzene rings is 1. The molecular formula is C22H26N2O3S. The van der Waals surface area contributed by atoms with Crippen LogP contribution in [0.25, 0.3) is 0 Å². The Balaban J connectivity index is 1.45. The molecule has 2 saturated heterocycles. The second kappa shape index (κ2) is 8.35. The molecule has 2 atom stereocenters. The van der Waals surface area contributed by atoms with E-state index in [0.717, 1.165) is 55.0 Å². The quantitative estimate of drug-likeness (QED) is 0.783. The second-order valence-electron chi connectivity index (χ2n) is 7.53. The molecule has 2 aliphatic rings. The van der Waals surface area contributed by atoms with Crippen molar-refractivity contribution < 1.29 is 14.3 Å². The fraction of sp³-hybridized carbons (Fsp3) is 0.455. The highest BCUT2D eigenvalue weighted by Gasteiger charge is 2.36. The molecule has 1 aromatic heterocycles. The van der Waals surface area contributed by atoms with Crippen LogP contribution in [0, 0.1) is 5.92 Å². The minimum atomic E-state index is -0.100. The Morgan fingerprint density at radius 2 is 1.86 bits per heavy atom. The molecule has 0 spiro atoms. The summed E-state index contributed by atoms with van der Waals surface area (Å²) in [5, 5.41) is 1.92. The van der Waals surface area contributed by atoms with E-state index >= 15 is 0 Å². The topological polar surface area (TPSA) is 49.9 Å². The summed E-state index contributed by atoms with van der Waals surface area (Å²) in [5.41, 5.74) is 1.16. The summed E-state index contributed by atoms with van der Waals surface area (Å²) in [6, 6.07) is 11.9. The summed E-state index contributed by atoms with van der Waals surface area (Å²) in [4.78, 5) is 30.7. The molecule has 3 heterocycles. The first-order valence-corrected chi connectivity index (χ1v) is 10.8. The number of likely N-dealkylation sites (tertiary alicyclic amines) is 2. The van der Waals surface area contributed by atoms with Gasteiger partial charge in [0.05, 0.1) is 23.9 Å². The lowest BCUT2D eigenvalue weighted by molar-refractivity contribution is -0.137. The van der Waals surface area contributed by atoms with Crippen LogP contribution in [0.5, 0.6) is 5.75 Å². The van der Waals surface area contributed by atoms with Crippen molar-refractivity contribution in [3.05, 3.63) is 52.2 Å². The molecule has 2 fully saturated rings. The van der Waals surface area contributed by atoms with Crippen molar-refractivity contribution in [3.63, 3.8) is 0 Å². The summed E-state index contributed by atoms with van der Waals surface area (Å²) < 4.78 is 5.25. The van der Waals surface area contributed by atoms with Crippen molar-refractivity contribution in [3.8, 4) is 5.75 Å². The first-order chi connectivity index (χ1) is 13.7. The molecule has 0 unspecified atom stereocenters. The van der Waals surface area contributed by atoms with Gasteiger partial charge in [-0.3, -0.25) is 9.59 Å². The highest BCUT2D eigenvalue weighted by molar-refractivity contribution is 7.12. The van der Waals surface area contributed by atoms with Crippen molar-refractivity contribution in [1.29, 1.82) is 0 Å². The molecule has 0 aliphatic carbocycles. The lowest BCUT2D eigenvalue weighted by Crippen LogP contribution is -2.46. The molecule has 4 rings (SSSR count). The molecular weight excluding hydrogens is 372 g/mol. The van der Waals surface area contributed by atoms with Gasteiger partial charge >= 0.3 is 0 Å². The SMILES string of the molecule is COc1ccc([C@@H]2CCCN2C(=O)[C@@H]2CCCN(C(=O)c3cccs3)C2)cc1. The molecule has 28 heavy (non-hydrogen) atoms. The van der Waals surface area contributed by atoms with Crippen LogP contribution in [0.1, 0.15) is 47.0 Å².